The SMILES string of the molecule is Nc1ncc(-c2cccc(C=O)c2)nc1OCCc1c(Cl)cccc1Cl. The molecule has 0 fully saturated rings. The third kappa shape index (κ3) is 4.12. The molecule has 0 saturated carbocycles. The van der Waals surface area contributed by atoms with Gasteiger partial charge in [0.2, 0.25) is 0 Å². The fourth-order valence-electron chi connectivity index (χ4n) is 2.42. The van der Waals surface area contributed by atoms with E-state index < -0.39 is 0 Å². The minimum Gasteiger partial charge on any atom is -0.475 e. The van der Waals surface area contributed by atoms with Crippen LogP contribution in [0.15, 0.2) is 48.7 Å². The van der Waals surface area contributed by atoms with E-state index in [9.17, 15) is 4.79 Å². The van der Waals surface area contributed by atoms with E-state index in [1.807, 2.05) is 6.07 Å². The first-order valence-electron chi connectivity index (χ1n) is 7.82. The van der Waals surface area contributed by atoms with Gasteiger partial charge in [-0.2, -0.15) is 0 Å². The van der Waals surface area contributed by atoms with E-state index in [-0.39, 0.29) is 11.7 Å². The van der Waals surface area contributed by atoms with Crippen LogP contribution in [0.3, 0.4) is 0 Å². The lowest BCUT2D eigenvalue weighted by molar-refractivity contribution is 0.112. The predicted molar refractivity (Wildman–Crippen MR) is 103 cm³/mol. The topological polar surface area (TPSA) is 78.1 Å². The molecule has 0 spiro atoms. The van der Waals surface area contributed by atoms with Gasteiger partial charge in [0.05, 0.1) is 18.5 Å². The van der Waals surface area contributed by atoms with Crippen LogP contribution in [0.1, 0.15) is 15.9 Å². The lowest BCUT2D eigenvalue weighted by atomic mass is 10.1. The van der Waals surface area contributed by atoms with E-state index in [1.54, 1.807) is 36.4 Å². The maximum absolute atomic E-state index is 10.9. The van der Waals surface area contributed by atoms with Gasteiger partial charge in [-0.05, 0) is 23.8 Å². The molecule has 3 aromatic rings. The highest BCUT2D eigenvalue weighted by Gasteiger charge is 2.10. The van der Waals surface area contributed by atoms with Gasteiger partial charge in [-0.1, -0.05) is 47.5 Å². The molecule has 132 valence electrons. The molecule has 5 nitrogen and oxygen atoms in total. The molecule has 26 heavy (non-hydrogen) atoms. The summed E-state index contributed by atoms with van der Waals surface area (Å²) in [6.07, 6.45) is 2.82. The minimum absolute atomic E-state index is 0.186. The third-order valence-corrected chi connectivity index (χ3v) is 4.45. The molecule has 0 aliphatic rings. The van der Waals surface area contributed by atoms with E-state index in [4.69, 9.17) is 33.7 Å². The van der Waals surface area contributed by atoms with Crippen molar-refractivity contribution < 1.29 is 9.53 Å². The van der Waals surface area contributed by atoms with Crippen molar-refractivity contribution in [1.29, 1.82) is 0 Å². The van der Waals surface area contributed by atoms with Gasteiger partial charge < -0.3 is 10.5 Å². The normalized spacial score (nSPS) is 10.5. The van der Waals surface area contributed by atoms with Crippen LogP contribution in [0.4, 0.5) is 5.82 Å². The van der Waals surface area contributed by atoms with Gasteiger partial charge in [-0.25, -0.2) is 9.97 Å². The van der Waals surface area contributed by atoms with E-state index in [0.29, 0.717) is 34.3 Å². The van der Waals surface area contributed by atoms with Crippen LogP contribution < -0.4 is 10.5 Å². The Morgan fingerprint density at radius 2 is 1.85 bits per heavy atom. The van der Waals surface area contributed by atoms with E-state index >= 15 is 0 Å². The van der Waals surface area contributed by atoms with Crippen molar-refractivity contribution in [3.8, 4) is 17.1 Å². The summed E-state index contributed by atoms with van der Waals surface area (Å²) < 4.78 is 5.68. The zero-order valence-corrected chi connectivity index (χ0v) is 15.2. The van der Waals surface area contributed by atoms with Crippen molar-refractivity contribution in [3.63, 3.8) is 0 Å². The van der Waals surface area contributed by atoms with Crippen LogP contribution in [0.5, 0.6) is 5.88 Å². The Balaban J connectivity index is 1.77. The van der Waals surface area contributed by atoms with Gasteiger partial charge >= 0.3 is 0 Å². The molecule has 0 radical (unpaired) electrons. The standard InChI is InChI=1S/C19H15Cl2N3O2/c20-15-5-2-6-16(21)14(15)7-8-26-19-18(22)23-10-17(24-19)13-4-1-3-12(9-13)11-25/h1-6,9-11H,7-8H2,(H2,22,23). The van der Waals surface area contributed by atoms with Crippen LogP contribution in [0, 0.1) is 0 Å². The van der Waals surface area contributed by atoms with E-state index in [0.717, 1.165) is 17.4 Å². The fourth-order valence-corrected chi connectivity index (χ4v) is 3.01. The maximum atomic E-state index is 10.9. The van der Waals surface area contributed by atoms with Crippen LogP contribution in [0.2, 0.25) is 10.0 Å². The number of ether oxygens (including phenoxy) is 1. The van der Waals surface area contributed by atoms with E-state index in [2.05, 4.69) is 9.97 Å². The number of anilines is 1. The van der Waals surface area contributed by atoms with Gasteiger partial charge in [0, 0.05) is 27.6 Å². The number of benzene rings is 2. The summed E-state index contributed by atoms with van der Waals surface area (Å²) in [6, 6.07) is 12.4. The number of carbonyl (C=O) groups is 1. The average Bonchev–Trinajstić information content (AvgIpc) is 2.65. The Kier molecular flexibility index (Phi) is 5.71. The average molecular weight is 388 g/mol. The second-order valence-corrected chi connectivity index (χ2v) is 6.30. The predicted octanol–water partition coefficient (Wildman–Crippen LogP) is 4.47. The zero-order chi connectivity index (χ0) is 18.5. The molecule has 1 aromatic heterocycles. The molecule has 0 aliphatic carbocycles. The molecule has 7 heteroatoms. The summed E-state index contributed by atoms with van der Waals surface area (Å²) in [7, 11) is 0. The summed E-state index contributed by atoms with van der Waals surface area (Å²) in [5.41, 5.74) is 8.53. The molecular formula is C19H15Cl2N3O2. The quantitative estimate of drug-likeness (QED) is 0.631. The van der Waals surface area contributed by atoms with Gasteiger partial charge in [0.15, 0.2) is 5.82 Å². The Bertz CT molecular complexity index is 928. The second-order valence-electron chi connectivity index (χ2n) is 5.49. The maximum Gasteiger partial charge on any atom is 0.257 e. The zero-order valence-electron chi connectivity index (χ0n) is 13.7. The van der Waals surface area contributed by atoms with Crippen LogP contribution in [0.25, 0.3) is 11.3 Å². The lowest BCUT2D eigenvalue weighted by Gasteiger charge is -2.11. The number of halogens is 2. The van der Waals surface area contributed by atoms with Crippen LogP contribution in [-0.2, 0) is 6.42 Å². The van der Waals surface area contributed by atoms with Crippen molar-refractivity contribution in [2.75, 3.05) is 12.3 Å². The highest BCUT2D eigenvalue weighted by atomic mass is 35.5. The number of nitrogens with two attached hydrogens (primary N) is 1. The summed E-state index contributed by atoms with van der Waals surface area (Å²) >= 11 is 12.3. The highest BCUT2D eigenvalue weighted by Crippen LogP contribution is 2.26. The van der Waals surface area contributed by atoms with Crippen molar-refractivity contribution in [1.82, 2.24) is 9.97 Å². The fraction of sp³-hybridized carbons (Fsp3) is 0.105. The number of nitrogen functional groups attached to an aromatic ring is 1. The molecule has 1 heterocycles. The Morgan fingerprint density at radius 1 is 1.12 bits per heavy atom. The summed E-state index contributed by atoms with van der Waals surface area (Å²) in [5, 5.41) is 1.17. The first-order chi connectivity index (χ1) is 12.6. The highest BCUT2D eigenvalue weighted by molar-refractivity contribution is 6.35. The first-order valence-corrected chi connectivity index (χ1v) is 8.58. The number of hydrogen-bond donors (Lipinski definition) is 1. The summed E-state index contributed by atoms with van der Waals surface area (Å²) in [4.78, 5) is 19.5. The molecule has 0 bridgehead atoms. The third-order valence-electron chi connectivity index (χ3n) is 3.74. The van der Waals surface area contributed by atoms with Gasteiger partial charge in [0.1, 0.15) is 6.29 Å². The molecule has 0 aliphatic heterocycles. The second kappa shape index (κ2) is 8.17. The number of nitrogens with zero attached hydrogens (tertiary/aromatic N) is 2. The minimum atomic E-state index is 0.186. The molecule has 0 unspecified atom stereocenters. The Hall–Kier alpha value is -2.63. The van der Waals surface area contributed by atoms with Crippen LogP contribution in [-0.4, -0.2) is 22.9 Å². The number of aldehydes is 1. The van der Waals surface area contributed by atoms with Crippen LogP contribution >= 0.6 is 23.2 Å². The molecule has 0 saturated heterocycles. The molecule has 2 aromatic carbocycles. The molecule has 2 N–H and O–H groups in total. The lowest BCUT2D eigenvalue weighted by Crippen LogP contribution is -2.07. The van der Waals surface area contributed by atoms with Gasteiger partial charge in [0.25, 0.3) is 5.88 Å². The first kappa shape index (κ1) is 18.2. The van der Waals surface area contributed by atoms with Crippen molar-refractivity contribution in [2.24, 2.45) is 0 Å². The van der Waals surface area contributed by atoms with Gasteiger partial charge in [-0.3, -0.25) is 4.79 Å². The molecule has 3 rings (SSSR count). The smallest absolute Gasteiger partial charge is 0.257 e. The van der Waals surface area contributed by atoms with Crippen molar-refractivity contribution >= 4 is 35.3 Å². The molecule has 0 atom stereocenters. The number of hydrogen-bond acceptors (Lipinski definition) is 5. The molecular weight excluding hydrogens is 373 g/mol. The molecule has 0 amide bonds. The van der Waals surface area contributed by atoms with Gasteiger partial charge in [-0.15, -0.1) is 0 Å². The van der Waals surface area contributed by atoms with Crippen molar-refractivity contribution in [3.05, 3.63) is 69.8 Å². The summed E-state index contributed by atoms with van der Waals surface area (Å²) in [6.45, 7) is 0.292. The van der Waals surface area contributed by atoms with Crippen molar-refractivity contribution in [2.45, 2.75) is 6.42 Å². The number of carbonyl (C=O) groups excluding carboxylic acids is 1. The number of aromatic nitrogens is 2. The Labute approximate surface area is 160 Å². The Morgan fingerprint density at radius 3 is 2.58 bits per heavy atom. The monoisotopic (exact) mass is 387 g/mol. The number of rotatable bonds is 6. The van der Waals surface area contributed by atoms with E-state index in [1.165, 1.54) is 6.20 Å². The largest absolute Gasteiger partial charge is 0.475 e. The summed E-state index contributed by atoms with van der Waals surface area (Å²) in [5.74, 6) is 0.410.